The zero-order valence-corrected chi connectivity index (χ0v) is 12.4. The number of amides is 1. The van der Waals surface area contributed by atoms with Gasteiger partial charge in [0.1, 0.15) is 12.7 Å². The van der Waals surface area contributed by atoms with E-state index in [1.807, 2.05) is 0 Å². The van der Waals surface area contributed by atoms with Crippen LogP contribution >= 0.6 is 0 Å². The number of nitrogens with zero attached hydrogens (tertiary/aromatic N) is 4. The monoisotopic (exact) mass is 349 g/mol. The predicted molar refractivity (Wildman–Crippen MR) is 80.2 cm³/mol. The largest absolute Gasteiger partial charge is 0.573 e. The van der Waals surface area contributed by atoms with E-state index < -0.39 is 18.0 Å². The van der Waals surface area contributed by atoms with Crippen molar-refractivity contribution in [3.8, 4) is 11.6 Å². The number of para-hydroxylation sites is 2. The van der Waals surface area contributed by atoms with Gasteiger partial charge in [0.15, 0.2) is 11.6 Å². The van der Waals surface area contributed by atoms with Crippen LogP contribution in [0.5, 0.6) is 5.75 Å². The molecule has 1 amide bonds. The Morgan fingerprint density at radius 3 is 2.72 bits per heavy atom. The van der Waals surface area contributed by atoms with Crippen molar-refractivity contribution in [2.45, 2.75) is 6.36 Å². The second-order valence-electron chi connectivity index (χ2n) is 4.74. The van der Waals surface area contributed by atoms with E-state index in [-0.39, 0.29) is 11.3 Å². The van der Waals surface area contributed by atoms with E-state index in [9.17, 15) is 18.0 Å². The summed E-state index contributed by atoms with van der Waals surface area (Å²) in [5, 5.41) is 6.28. The maximum Gasteiger partial charge on any atom is 0.573 e. The minimum absolute atomic E-state index is 0.107. The third kappa shape index (κ3) is 4.10. The first-order valence-corrected chi connectivity index (χ1v) is 6.89. The molecule has 10 heteroatoms. The number of halogens is 3. The molecule has 3 aromatic rings. The molecule has 2 heterocycles. The lowest BCUT2D eigenvalue weighted by atomic mass is 10.2. The highest BCUT2D eigenvalue weighted by atomic mass is 19.4. The summed E-state index contributed by atoms with van der Waals surface area (Å²) >= 11 is 0. The van der Waals surface area contributed by atoms with Crippen LogP contribution in [0.4, 0.5) is 18.9 Å². The molecule has 25 heavy (non-hydrogen) atoms. The number of nitrogens with one attached hydrogen (secondary N) is 1. The number of carbonyl (C=O) groups excluding carboxylic acids is 1. The van der Waals surface area contributed by atoms with Crippen molar-refractivity contribution in [2.24, 2.45) is 0 Å². The summed E-state index contributed by atoms with van der Waals surface area (Å²) in [5.41, 5.74) is 0.0752. The van der Waals surface area contributed by atoms with Crippen molar-refractivity contribution >= 4 is 11.6 Å². The number of alkyl halides is 3. The highest BCUT2D eigenvalue weighted by Gasteiger charge is 2.32. The van der Waals surface area contributed by atoms with Gasteiger partial charge < -0.3 is 10.1 Å². The molecule has 7 nitrogen and oxygen atoms in total. The van der Waals surface area contributed by atoms with Crippen LogP contribution in [0.25, 0.3) is 5.82 Å². The Kier molecular flexibility index (Phi) is 4.33. The van der Waals surface area contributed by atoms with Crippen LogP contribution in [0.1, 0.15) is 10.4 Å². The second-order valence-corrected chi connectivity index (χ2v) is 4.74. The van der Waals surface area contributed by atoms with Crippen molar-refractivity contribution in [1.82, 2.24) is 19.7 Å². The fourth-order valence-corrected chi connectivity index (χ4v) is 1.99. The molecule has 0 aliphatic rings. The molecule has 1 aromatic carbocycles. The van der Waals surface area contributed by atoms with E-state index in [4.69, 9.17) is 0 Å². The minimum atomic E-state index is -4.86. The fourth-order valence-electron chi connectivity index (χ4n) is 1.99. The molecule has 0 atom stereocenters. The number of hydrogen-bond donors (Lipinski definition) is 1. The first-order chi connectivity index (χ1) is 11.9. The van der Waals surface area contributed by atoms with Crippen molar-refractivity contribution in [2.75, 3.05) is 5.32 Å². The SMILES string of the molecule is O=C(Nc1ccccc1OC(F)(F)F)c1ccnc(-n2cncn2)c1. The summed E-state index contributed by atoms with van der Waals surface area (Å²) < 4.78 is 42.5. The van der Waals surface area contributed by atoms with Gasteiger partial charge in [-0.3, -0.25) is 4.79 Å². The van der Waals surface area contributed by atoms with E-state index in [2.05, 4.69) is 25.1 Å². The lowest BCUT2D eigenvalue weighted by Gasteiger charge is -2.14. The number of hydrogen-bond acceptors (Lipinski definition) is 5. The number of benzene rings is 1. The average Bonchev–Trinajstić information content (AvgIpc) is 3.10. The average molecular weight is 349 g/mol. The van der Waals surface area contributed by atoms with Gasteiger partial charge in [0.05, 0.1) is 5.69 Å². The number of pyridine rings is 1. The molecule has 3 rings (SSSR count). The molecular weight excluding hydrogens is 339 g/mol. The molecule has 128 valence electrons. The molecule has 2 aromatic heterocycles. The number of carbonyl (C=O) groups is 1. The molecule has 0 radical (unpaired) electrons. The quantitative estimate of drug-likeness (QED) is 0.783. The van der Waals surface area contributed by atoms with Crippen LogP contribution in [0.15, 0.2) is 55.2 Å². The molecule has 0 bridgehead atoms. The van der Waals surface area contributed by atoms with Crippen LogP contribution in [0.2, 0.25) is 0 Å². The summed E-state index contributed by atoms with van der Waals surface area (Å²) in [7, 11) is 0. The molecule has 0 fully saturated rings. The highest BCUT2D eigenvalue weighted by Crippen LogP contribution is 2.30. The molecular formula is C15H10F3N5O2. The van der Waals surface area contributed by atoms with Crippen molar-refractivity contribution in [1.29, 1.82) is 0 Å². The Bertz CT molecular complexity index is 881. The van der Waals surface area contributed by atoms with Crippen molar-refractivity contribution in [3.05, 3.63) is 60.8 Å². The van der Waals surface area contributed by atoms with Gasteiger partial charge in [-0.1, -0.05) is 12.1 Å². The molecule has 0 spiro atoms. The Balaban J connectivity index is 1.83. The number of aromatic nitrogens is 4. The second kappa shape index (κ2) is 6.59. The maximum atomic E-state index is 12.4. The van der Waals surface area contributed by atoms with Gasteiger partial charge in [-0.2, -0.15) is 5.10 Å². The Morgan fingerprint density at radius 2 is 2.00 bits per heavy atom. The summed E-state index contributed by atoms with van der Waals surface area (Å²) in [5.74, 6) is -0.791. The lowest BCUT2D eigenvalue weighted by molar-refractivity contribution is -0.274. The molecule has 0 saturated carbocycles. The molecule has 0 aliphatic heterocycles. The third-order valence-corrected chi connectivity index (χ3v) is 3.02. The summed E-state index contributed by atoms with van der Waals surface area (Å²) in [6.07, 6.45) is -0.780. The highest BCUT2D eigenvalue weighted by molar-refractivity contribution is 6.05. The first kappa shape index (κ1) is 16.4. The smallest absolute Gasteiger partial charge is 0.404 e. The van der Waals surface area contributed by atoms with Crippen molar-refractivity contribution < 1.29 is 22.7 Å². The van der Waals surface area contributed by atoms with Gasteiger partial charge in [0, 0.05) is 11.8 Å². The Morgan fingerprint density at radius 1 is 1.20 bits per heavy atom. The van der Waals surface area contributed by atoms with Gasteiger partial charge in [0.2, 0.25) is 0 Å². The van der Waals surface area contributed by atoms with Crippen LogP contribution in [-0.2, 0) is 0 Å². The topological polar surface area (TPSA) is 81.9 Å². The van der Waals surface area contributed by atoms with Crippen LogP contribution in [-0.4, -0.2) is 32.0 Å². The van der Waals surface area contributed by atoms with E-state index in [1.165, 1.54) is 53.9 Å². The van der Waals surface area contributed by atoms with E-state index in [1.54, 1.807) is 0 Å². The van der Waals surface area contributed by atoms with Crippen molar-refractivity contribution in [3.63, 3.8) is 0 Å². The third-order valence-electron chi connectivity index (χ3n) is 3.02. The first-order valence-electron chi connectivity index (χ1n) is 6.89. The predicted octanol–water partition coefficient (Wildman–Crippen LogP) is 2.81. The normalized spacial score (nSPS) is 11.2. The zero-order chi connectivity index (χ0) is 17.9. The summed E-state index contributed by atoms with van der Waals surface area (Å²) in [4.78, 5) is 20.2. The van der Waals surface area contributed by atoms with Crippen LogP contribution in [0.3, 0.4) is 0 Å². The van der Waals surface area contributed by atoms with Gasteiger partial charge >= 0.3 is 6.36 Å². The fraction of sp³-hybridized carbons (Fsp3) is 0.0667. The van der Waals surface area contributed by atoms with E-state index in [0.717, 1.165) is 6.07 Å². The minimum Gasteiger partial charge on any atom is -0.404 e. The molecule has 1 N–H and O–H groups in total. The summed E-state index contributed by atoms with van der Waals surface area (Å²) in [6, 6.07) is 8.10. The van der Waals surface area contributed by atoms with Gasteiger partial charge in [-0.15, -0.1) is 13.2 Å². The molecule has 0 aliphatic carbocycles. The van der Waals surface area contributed by atoms with Crippen LogP contribution in [0, 0.1) is 0 Å². The Hall–Kier alpha value is -3.43. The number of anilines is 1. The lowest BCUT2D eigenvalue weighted by Crippen LogP contribution is -2.19. The van der Waals surface area contributed by atoms with Crippen LogP contribution < -0.4 is 10.1 Å². The molecule has 0 unspecified atom stereocenters. The van der Waals surface area contributed by atoms with Gasteiger partial charge in [0.25, 0.3) is 5.91 Å². The van der Waals surface area contributed by atoms with E-state index >= 15 is 0 Å². The number of ether oxygens (including phenoxy) is 1. The Labute approximate surface area is 139 Å². The number of rotatable bonds is 4. The standard InChI is InChI=1S/C15H10F3N5O2/c16-15(17,18)25-12-4-2-1-3-11(12)22-14(24)10-5-6-20-13(7-10)23-9-19-8-21-23/h1-9H,(H,22,24). The maximum absolute atomic E-state index is 12.4. The van der Waals surface area contributed by atoms with Gasteiger partial charge in [-0.25, -0.2) is 14.6 Å². The summed E-state index contributed by atoms with van der Waals surface area (Å²) in [6.45, 7) is 0. The van der Waals surface area contributed by atoms with Gasteiger partial charge in [-0.05, 0) is 24.3 Å². The molecule has 0 saturated heterocycles. The van der Waals surface area contributed by atoms with E-state index in [0.29, 0.717) is 5.82 Å². The zero-order valence-electron chi connectivity index (χ0n) is 12.4.